The Morgan fingerprint density at radius 1 is 1.39 bits per heavy atom. The van der Waals surface area contributed by atoms with Crippen LogP contribution in [0.1, 0.15) is 26.3 Å². The van der Waals surface area contributed by atoms with Crippen molar-refractivity contribution in [3.63, 3.8) is 0 Å². The molecule has 0 amide bonds. The maximum atomic E-state index is 9.74. The number of aliphatic hydroxyl groups excluding tert-OH is 1. The van der Waals surface area contributed by atoms with Gasteiger partial charge in [-0.1, -0.05) is 30.3 Å². The molecule has 1 saturated heterocycles. The molecule has 0 unspecified atom stereocenters. The van der Waals surface area contributed by atoms with Gasteiger partial charge >= 0.3 is 0 Å². The lowest BCUT2D eigenvalue weighted by molar-refractivity contribution is -0.168. The van der Waals surface area contributed by atoms with Crippen LogP contribution in [0.15, 0.2) is 30.3 Å². The minimum atomic E-state index is -0.428. The molecule has 1 aromatic rings. The van der Waals surface area contributed by atoms with Crippen molar-refractivity contribution < 1.29 is 9.84 Å². The molecule has 1 N–H and O–H groups in total. The first-order chi connectivity index (χ1) is 8.46. The van der Waals surface area contributed by atoms with Gasteiger partial charge in [-0.3, -0.25) is 4.90 Å². The first kappa shape index (κ1) is 13.5. The number of rotatable bonds is 3. The molecule has 1 aliphatic heterocycles. The van der Waals surface area contributed by atoms with E-state index in [1.54, 1.807) is 6.92 Å². The van der Waals surface area contributed by atoms with Crippen molar-refractivity contribution in [3.8, 4) is 0 Å². The lowest BCUT2D eigenvalue weighted by Gasteiger charge is -2.43. The lowest BCUT2D eigenvalue weighted by atomic mass is 10.0. The molecule has 2 atom stereocenters. The van der Waals surface area contributed by atoms with E-state index >= 15 is 0 Å². The third-order valence-corrected chi connectivity index (χ3v) is 3.30. The van der Waals surface area contributed by atoms with Crippen LogP contribution in [0.3, 0.4) is 0 Å². The zero-order valence-corrected chi connectivity index (χ0v) is 11.5. The summed E-state index contributed by atoms with van der Waals surface area (Å²) in [5, 5.41) is 9.74. The third-order valence-electron chi connectivity index (χ3n) is 3.30. The monoisotopic (exact) mass is 249 g/mol. The zero-order valence-electron chi connectivity index (χ0n) is 11.5. The van der Waals surface area contributed by atoms with Gasteiger partial charge in [0, 0.05) is 19.6 Å². The molecule has 1 heterocycles. The molecule has 3 nitrogen and oxygen atoms in total. The van der Waals surface area contributed by atoms with Gasteiger partial charge in [-0.2, -0.15) is 0 Å². The van der Waals surface area contributed by atoms with Crippen molar-refractivity contribution in [2.75, 3.05) is 13.1 Å². The summed E-state index contributed by atoms with van der Waals surface area (Å²) in [6.45, 7) is 8.56. The number of morpholine rings is 1. The van der Waals surface area contributed by atoms with Crippen molar-refractivity contribution in [3.05, 3.63) is 35.9 Å². The summed E-state index contributed by atoms with van der Waals surface area (Å²) in [5.41, 5.74) is 1.11. The van der Waals surface area contributed by atoms with Gasteiger partial charge in [0.15, 0.2) is 0 Å². The van der Waals surface area contributed by atoms with Gasteiger partial charge in [0.1, 0.15) is 0 Å². The second kappa shape index (κ2) is 5.39. The van der Waals surface area contributed by atoms with Crippen molar-refractivity contribution >= 4 is 0 Å². The van der Waals surface area contributed by atoms with Crippen LogP contribution in [0.5, 0.6) is 0 Å². The van der Waals surface area contributed by atoms with E-state index in [9.17, 15) is 5.11 Å². The smallest absolute Gasteiger partial charge is 0.0965 e. The maximum absolute atomic E-state index is 9.74. The van der Waals surface area contributed by atoms with Crippen LogP contribution in [0.2, 0.25) is 0 Å². The molecule has 18 heavy (non-hydrogen) atoms. The van der Waals surface area contributed by atoms with E-state index in [1.165, 1.54) is 5.56 Å². The van der Waals surface area contributed by atoms with E-state index in [-0.39, 0.29) is 11.7 Å². The average molecular weight is 249 g/mol. The van der Waals surface area contributed by atoms with Gasteiger partial charge < -0.3 is 9.84 Å². The Morgan fingerprint density at radius 3 is 2.67 bits per heavy atom. The number of hydrogen-bond acceptors (Lipinski definition) is 3. The van der Waals surface area contributed by atoms with Gasteiger partial charge in [-0.05, 0) is 26.3 Å². The highest BCUT2D eigenvalue weighted by Crippen LogP contribution is 2.24. The summed E-state index contributed by atoms with van der Waals surface area (Å²) in [6.07, 6.45) is -0.527. The van der Waals surface area contributed by atoms with E-state index in [0.29, 0.717) is 0 Å². The molecular formula is C15H23NO2. The highest BCUT2D eigenvalue weighted by atomic mass is 16.5. The fraction of sp³-hybridized carbons (Fsp3) is 0.600. The molecular weight excluding hydrogens is 226 g/mol. The standard InChI is InChI=1S/C15H23NO2/c1-12(17)14-10-16(11-15(2,3)18-14)9-13-7-5-4-6-8-13/h4-8,12,14,17H,9-11H2,1-3H3/t12-,14+/m1/s1. The van der Waals surface area contributed by atoms with Crippen molar-refractivity contribution in [1.29, 1.82) is 0 Å². The van der Waals surface area contributed by atoms with Gasteiger partial charge in [0.25, 0.3) is 0 Å². The molecule has 1 fully saturated rings. The van der Waals surface area contributed by atoms with Crippen LogP contribution in [0.25, 0.3) is 0 Å². The Hall–Kier alpha value is -0.900. The van der Waals surface area contributed by atoms with Crippen molar-refractivity contribution in [1.82, 2.24) is 4.90 Å². The highest BCUT2D eigenvalue weighted by molar-refractivity contribution is 5.14. The van der Waals surface area contributed by atoms with Crippen LogP contribution < -0.4 is 0 Å². The summed E-state index contributed by atoms with van der Waals surface area (Å²) in [5.74, 6) is 0. The van der Waals surface area contributed by atoms with Crippen LogP contribution in [0, 0.1) is 0 Å². The van der Waals surface area contributed by atoms with Gasteiger partial charge in [0.05, 0.1) is 17.8 Å². The number of nitrogens with zero attached hydrogens (tertiary/aromatic N) is 1. The highest BCUT2D eigenvalue weighted by Gasteiger charge is 2.35. The first-order valence-corrected chi connectivity index (χ1v) is 6.58. The molecule has 0 bridgehead atoms. The minimum absolute atomic E-state index is 0.0996. The molecule has 100 valence electrons. The summed E-state index contributed by atoms with van der Waals surface area (Å²) < 4.78 is 5.91. The van der Waals surface area contributed by atoms with Gasteiger partial charge in [-0.25, -0.2) is 0 Å². The SMILES string of the molecule is C[C@@H](O)[C@@H]1CN(Cc2ccccc2)CC(C)(C)O1. The maximum Gasteiger partial charge on any atom is 0.0965 e. The van der Waals surface area contributed by atoms with Crippen molar-refractivity contribution in [2.24, 2.45) is 0 Å². The first-order valence-electron chi connectivity index (χ1n) is 6.58. The third kappa shape index (κ3) is 3.55. The Balaban J connectivity index is 2.04. The molecule has 1 aliphatic rings. The number of hydrogen-bond donors (Lipinski definition) is 1. The van der Waals surface area contributed by atoms with E-state index in [2.05, 4.69) is 43.0 Å². The van der Waals surface area contributed by atoms with Crippen LogP contribution >= 0.6 is 0 Å². The fourth-order valence-electron chi connectivity index (χ4n) is 2.55. The summed E-state index contributed by atoms with van der Waals surface area (Å²) in [7, 11) is 0. The normalized spacial score (nSPS) is 25.9. The molecule has 0 aliphatic carbocycles. The lowest BCUT2D eigenvalue weighted by Crippen LogP contribution is -2.55. The second-order valence-electron chi connectivity index (χ2n) is 5.81. The van der Waals surface area contributed by atoms with Crippen LogP contribution in [0.4, 0.5) is 0 Å². The predicted octanol–water partition coefficient (Wildman–Crippen LogP) is 2.05. The Bertz CT molecular complexity index is 375. The molecule has 0 aromatic heterocycles. The van der Waals surface area contributed by atoms with Crippen LogP contribution in [-0.4, -0.2) is 40.9 Å². The topological polar surface area (TPSA) is 32.7 Å². The molecule has 2 rings (SSSR count). The Labute approximate surface area is 109 Å². The number of benzene rings is 1. The predicted molar refractivity (Wildman–Crippen MR) is 72.4 cm³/mol. The molecule has 0 radical (unpaired) electrons. The minimum Gasteiger partial charge on any atom is -0.391 e. The van der Waals surface area contributed by atoms with E-state index < -0.39 is 6.10 Å². The second-order valence-corrected chi connectivity index (χ2v) is 5.81. The summed E-state index contributed by atoms with van der Waals surface area (Å²) in [6, 6.07) is 10.4. The van der Waals surface area contributed by atoms with Crippen LogP contribution in [-0.2, 0) is 11.3 Å². The Morgan fingerprint density at radius 2 is 2.06 bits per heavy atom. The molecule has 3 heteroatoms. The Kier molecular flexibility index (Phi) is 4.05. The molecule has 0 saturated carbocycles. The molecule has 0 spiro atoms. The quantitative estimate of drug-likeness (QED) is 0.890. The summed E-state index contributed by atoms with van der Waals surface area (Å²) >= 11 is 0. The number of aliphatic hydroxyl groups is 1. The molecule has 1 aromatic carbocycles. The summed E-state index contributed by atoms with van der Waals surface area (Å²) in [4.78, 5) is 2.36. The average Bonchev–Trinajstić information content (AvgIpc) is 2.28. The largest absolute Gasteiger partial charge is 0.391 e. The van der Waals surface area contributed by atoms with E-state index in [4.69, 9.17) is 4.74 Å². The zero-order chi connectivity index (χ0) is 13.2. The fourth-order valence-corrected chi connectivity index (χ4v) is 2.55. The van der Waals surface area contributed by atoms with Crippen molar-refractivity contribution in [2.45, 2.75) is 45.1 Å². The number of ether oxygens (including phenoxy) is 1. The van der Waals surface area contributed by atoms with E-state index in [1.807, 2.05) is 6.07 Å². The van der Waals surface area contributed by atoms with E-state index in [0.717, 1.165) is 19.6 Å². The van der Waals surface area contributed by atoms with Gasteiger partial charge in [-0.15, -0.1) is 0 Å². The van der Waals surface area contributed by atoms with Gasteiger partial charge in [0.2, 0.25) is 0 Å².